The number of carboxylic acid groups (broad SMARTS) is 1. The molecule has 0 radical (unpaired) electrons. The zero-order valence-corrected chi connectivity index (χ0v) is 8.64. The first kappa shape index (κ1) is 10.5. The topological polar surface area (TPSA) is 72.6 Å². The first-order valence-electron chi connectivity index (χ1n) is 4.27. The average molecular weight is 240 g/mol. The molecule has 1 heterocycles. The minimum Gasteiger partial charge on any atom is -0.476 e. The second kappa shape index (κ2) is 4.24. The lowest BCUT2D eigenvalue weighted by atomic mass is 10.3. The van der Waals surface area contributed by atoms with Crippen molar-refractivity contribution in [2.45, 2.75) is 0 Å². The van der Waals surface area contributed by atoms with E-state index >= 15 is 0 Å². The zero-order valence-electron chi connectivity index (χ0n) is 7.88. The van der Waals surface area contributed by atoms with Crippen molar-refractivity contribution in [3.8, 4) is 11.8 Å². The lowest BCUT2D eigenvalue weighted by Gasteiger charge is -1.99. The van der Waals surface area contributed by atoms with E-state index in [0.29, 0.717) is 10.8 Å². The van der Waals surface area contributed by atoms with Gasteiger partial charge in [-0.15, -0.1) is 0 Å². The fourth-order valence-electron chi connectivity index (χ4n) is 1.01. The Morgan fingerprint density at radius 2 is 2.06 bits per heavy atom. The van der Waals surface area contributed by atoms with Gasteiger partial charge in [0.15, 0.2) is 5.69 Å². The number of aromatic carboxylic acids is 1. The molecule has 5 nitrogen and oxygen atoms in total. The maximum absolute atomic E-state index is 10.5. The summed E-state index contributed by atoms with van der Waals surface area (Å²) in [4.78, 5) is 14.1. The molecule has 16 heavy (non-hydrogen) atoms. The van der Waals surface area contributed by atoms with E-state index in [0.717, 1.165) is 6.26 Å². The van der Waals surface area contributed by atoms with Crippen LogP contribution in [0.5, 0.6) is 11.8 Å². The van der Waals surface area contributed by atoms with E-state index in [2.05, 4.69) is 4.98 Å². The van der Waals surface area contributed by atoms with Crippen LogP contribution in [0.2, 0.25) is 5.02 Å². The molecule has 82 valence electrons. The highest BCUT2D eigenvalue weighted by Gasteiger charge is 2.11. The van der Waals surface area contributed by atoms with Gasteiger partial charge in [-0.2, -0.15) is 4.98 Å². The Bertz CT molecular complexity index is 506. The van der Waals surface area contributed by atoms with Gasteiger partial charge in [0.2, 0.25) is 0 Å². The Balaban J connectivity index is 2.14. The van der Waals surface area contributed by atoms with Crippen LogP contribution in [0.25, 0.3) is 0 Å². The third kappa shape index (κ3) is 2.32. The molecule has 0 amide bonds. The Labute approximate surface area is 95.2 Å². The highest BCUT2D eigenvalue weighted by molar-refractivity contribution is 6.30. The van der Waals surface area contributed by atoms with Gasteiger partial charge in [-0.1, -0.05) is 11.6 Å². The van der Waals surface area contributed by atoms with Crippen molar-refractivity contribution in [1.29, 1.82) is 0 Å². The van der Waals surface area contributed by atoms with Gasteiger partial charge in [-0.05, 0) is 24.3 Å². The molecule has 0 spiro atoms. The first-order chi connectivity index (χ1) is 7.65. The molecule has 0 aliphatic rings. The van der Waals surface area contributed by atoms with Crippen molar-refractivity contribution >= 4 is 17.6 Å². The van der Waals surface area contributed by atoms with Gasteiger partial charge < -0.3 is 14.3 Å². The molecule has 0 unspecified atom stereocenters. The van der Waals surface area contributed by atoms with Gasteiger partial charge in [0.05, 0.1) is 0 Å². The molecule has 2 aromatic rings. The number of benzene rings is 1. The van der Waals surface area contributed by atoms with Crippen LogP contribution in [0.15, 0.2) is 34.9 Å². The Morgan fingerprint density at radius 3 is 2.62 bits per heavy atom. The third-order valence-electron chi connectivity index (χ3n) is 1.72. The van der Waals surface area contributed by atoms with E-state index in [1.165, 1.54) is 0 Å². The van der Waals surface area contributed by atoms with E-state index < -0.39 is 5.97 Å². The summed E-state index contributed by atoms with van der Waals surface area (Å²) in [5, 5.41) is 9.18. The predicted octanol–water partition coefficient (Wildman–Crippen LogP) is 2.82. The summed E-state index contributed by atoms with van der Waals surface area (Å²) in [6.45, 7) is 0. The van der Waals surface area contributed by atoms with Crippen LogP contribution in [-0.2, 0) is 0 Å². The largest absolute Gasteiger partial charge is 0.476 e. The van der Waals surface area contributed by atoms with Crippen molar-refractivity contribution in [1.82, 2.24) is 4.98 Å². The van der Waals surface area contributed by atoms with Gasteiger partial charge in [-0.25, -0.2) is 4.79 Å². The number of halogens is 1. The zero-order chi connectivity index (χ0) is 11.5. The lowest BCUT2D eigenvalue weighted by Crippen LogP contribution is -1.95. The van der Waals surface area contributed by atoms with Crippen LogP contribution < -0.4 is 4.74 Å². The number of rotatable bonds is 3. The third-order valence-corrected chi connectivity index (χ3v) is 1.97. The number of oxazole rings is 1. The SMILES string of the molecule is O=C(O)c1coc(Oc2ccc(Cl)cc2)n1. The maximum Gasteiger partial charge on any atom is 0.399 e. The van der Waals surface area contributed by atoms with Crippen LogP contribution in [0, 0.1) is 0 Å². The van der Waals surface area contributed by atoms with E-state index in [-0.39, 0.29) is 11.8 Å². The molecular formula is C10H6ClNO4. The van der Waals surface area contributed by atoms with Gasteiger partial charge >= 0.3 is 12.0 Å². The van der Waals surface area contributed by atoms with Crippen molar-refractivity contribution < 1.29 is 19.1 Å². The number of carbonyl (C=O) groups is 1. The summed E-state index contributed by atoms with van der Waals surface area (Å²) in [5.41, 5.74) is -0.205. The average Bonchev–Trinajstić information content (AvgIpc) is 2.70. The number of nitrogens with zero attached hydrogens (tertiary/aromatic N) is 1. The minimum atomic E-state index is -1.17. The fourth-order valence-corrected chi connectivity index (χ4v) is 1.13. The standard InChI is InChI=1S/C10H6ClNO4/c11-6-1-3-7(4-2-6)16-10-12-8(5-15-10)9(13)14/h1-5H,(H,13,14). The molecule has 1 N–H and O–H groups in total. The van der Waals surface area contributed by atoms with E-state index in [4.69, 9.17) is 25.9 Å². The first-order valence-corrected chi connectivity index (χ1v) is 4.65. The summed E-state index contributed by atoms with van der Waals surface area (Å²) in [7, 11) is 0. The minimum absolute atomic E-state index is 0.125. The summed E-state index contributed by atoms with van der Waals surface area (Å²) >= 11 is 5.69. The molecule has 0 bridgehead atoms. The monoisotopic (exact) mass is 239 g/mol. The van der Waals surface area contributed by atoms with E-state index in [1.807, 2.05) is 0 Å². The number of aromatic nitrogens is 1. The summed E-state index contributed by atoms with van der Waals surface area (Å²) in [6, 6.07) is 6.51. The van der Waals surface area contributed by atoms with Crippen LogP contribution in [-0.4, -0.2) is 16.1 Å². The summed E-state index contributed by atoms with van der Waals surface area (Å²) < 4.78 is 9.98. The molecule has 1 aromatic carbocycles. The smallest absolute Gasteiger partial charge is 0.399 e. The van der Waals surface area contributed by atoms with E-state index in [1.54, 1.807) is 24.3 Å². The van der Waals surface area contributed by atoms with Gasteiger partial charge in [0.1, 0.15) is 12.0 Å². The van der Waals surface area contributed by atoms with Crippen molar-refractivity contribution in [2.24, 2.45) is 0 Å². The van der Waals surface area contributed by atoms with Gasteiger partial charge in [0.25, 0.3) is 0 Å². The Hall–Kier alpha value is -2.01. The van der Waals surface area contributed by atoms with Crippen LogP contribution >= 0.6 is 11.6 Å². The lowest BCUT2D eigenvalue weighted by molar-refractivity contribution is 0.0690. The van der Waals surface area contributed by atoms with Crippen LogP contribution in [0.3, 0.4) is 0 Å². The summed E-state index contributed by atoms with van der Waals surface area (Å²) in [5.74, 6) is -0.710. The predicted molar refractivity (Wildman–Crippen MR) is 55.0 cm³/mol. The Morgan fingerprint density at radius 1 is 1.38 bits per heavy atom. The molecule has 0 fully saturated rings. The van der Waals surface area contributed by atoms with Crippen molar-refractivity contribution in [3.63, 3.8) is 0 Å². The second-order valence-electron chi connectivity index (χ2n) is 2.86. The number of carboxylic acids is 1. The number of hydrogen-bond donors (Lipinski definition) is 1. The molecule has 0 saturated carbocycles. The van der Waals surface area contributed by atoms with Gasteiger partial charge in [-0.3, -0.25) is 0 Å². The molecule has 0 atom stereocenters. The molecule has 0 saturated heterocycles. The molecular weight excluding hydrogens is 234 g/mol. The molecule has 1 aromatic heterocycles. The number of ether oxygens (including phenoxy) is 1. The molecule has 2 rings (SSSR count). The molecule has 0 aliphatic carbocycles. The van der Waals surface area contributed by atoms with E-state index in [9.17, 15) is 4.79 Å². The second-order valence-corrected chi connectivity index (χ2v) is 3.30. The Kier molecular flexibility index (Phi) is 2.78. The van der Waals surface area contributed by atoms with Crippen molar-refractivity contribution in [3.05, 3.63) is 41.2 Å². The highest BCUT2D eigenvalue weighted by Crippen LogP contribution is 2.22. The number of hydrogen-bond acceptors (Lipinski definition) is 4. The van der Waals surface area contributed by atoms with Gasteiger partial charge in [0, 0.05) is 5.02 Å². The normalized spacial score (nSPS) is 10.1. The summed E-state index contributed by atoms with van der Waals surface area (Å²) in [6.07, 6.45) is 0.882. The van der Waals surface area contributed by atoms with Crippen molar-refractivity contribution in [2.75, 3.05) is 0 Å². The van der Waals surface area contributed by atoms with Crippen LogP contribution in [0.1, 0.15) is 10.5 Å². The quantitative estimate of drug-likeness (QED) is 0.892. The molecule has 0 aliphatic heterocycles. The van der Waals surface area contributed by atoms with Crippen LogP contribution in [0.4, 0.5) is 0 Å². The maximum atomic E-state index is 10.5. The fraction of sp³-hybridized carbons (Fsp3) is 0. The highest BCUT2D eigenvalue weighted by atomic mass is 35.5. The molecule has 6 heteroatoms.